The second kappa shape index (κ2) is 18.9. The third-order valence-corrected chi connectivity index (χ3v) is 8.81. The van der Waals surface area contributed by atoms with Crippen LogP contribution < -0.4 is 9.47 Å². The van der Waals surface area contributed by atoms with Crippen molar-refractivity contribution in [1.82, 2.24) is 0 Å². The van der Waals surface area contributed by atoms with Gasteiger partial charge in [-0.15, -0.1) is 0 Å². The minimum atomic E-state index is -0.363. The van der Waals surface area contributed by atoms with E-state index >= 15 is 0 Å². The Kier molecular flexibility index (Phi) is 14.1. The molecule has 5 rings (SSSR count). The first-order valence-corrected chi connectivity index (χ1v) is 17.4. The molecule has 0 N–H and O–H groups in total. The van der Waals surface area contributed by atoms with Crippen LogP contribution in [0, 0.1) is 11.8 Å². The molecule has 4 nitrogen and oxygen atoms in total. The first-order valence-electron chi connectivity index (χ1n) is 17.4. The van der Waals surface area contributed by atoms with Crippen LogP contribution in [0.15, 0.2) is 134 Å². The molecule has 0 aliphatic heterocycles. The highest BCUT2D eigenvalue weighted by molar-refractivity contribution is 5.92. The fourth-order valence-corrected chi connectivity index (χ4v) is 5.18. The van der Waals surface area contributed by atoms with Gasteiger partial charge in [0.2, 0.25) is 0 Å². The molecule has 4 heteroatoms. The SMILES string of the molecule is C=Cc1ccc(C(=O)Oc2ccc(-c3ccc(CC(C)CC)cc3)cc2)cc1.C=Cc1ccc(C(=O)Oc2ccc(CC(C)CC)cc2)cc1. The van der Waals surface area contributed by atoms with Crippen LogP contribution in [0.4, 0.5) is 0 Å². The van der Waals surface area contributed by atoms with Gasteiger partial charge in [-0.1, -0.05) is 139 Å². The molecule has 0 aliphatic rings. The van der Waals surface area contributed by atoms with Crippen molar-refractivity contribution in [3.8, 4) is 22.6 Å². The first kappa shape index (κ1) is 37.3. The highest BCUT2D eigenvalue weighted by Crippen LogP contribution is 2.25. The molecular formula is C46H48O4. The maximum Gasteiger partial charge on any atom is 0.343 e. The number of rotatable bonds is 13. The van der Waals surface area contributed by atoms with Crippen molar-refractivity contribution < 1.29 is 19.1 Å². The molecule has 0 radical (unpaired) electrons. The van der Waals surface area contributed by atoms with Gasteiger partial charge in [-0.3, -0.25) is 0 Å². The van der Waals surface area contributed by atoms with Crippen LogP contribution in [0.25, 0.3) is 23.3 Å². The number of benzene rings is 5. The molecular weight excluding hydrogens is 617 g/mol. The van der Waals surface area contributed by atoms with Gasteiger partial charge in [0.05, 0.1) is 11.1 Å². The largest absolute Gasteiger partial charge is 0.423 e. The summed E-state index contributed by atoms with van der Waals surface area (Å²) in [5.41, 5.74) is 7.90. The predicted octanol–water partition coefficient (Wildman–Crippen LogP) is 11.9. The van der Waals surface area contributed by atoms with Gasteiger partial charge in [0.25, 0.3) is 0 Å². The van der Waals surface area contributed by atoms with Gasteiger partial charge in [-0.2, -0.15) is 0 Å². The number of carbonyl (C=O) groups excluding carboxylic acids is 2. The molecule has 0 saturated heterocycles. The molecule has 256 valence electrons. The predicted molar refractivity (Wildman–Crippen MR) is 208 cm³/mol. The minimum absolute atomic E-state index is 0.342. The number of esters is 2. The van der Waals surface area contributed by atoms with Gasteiger partial charge in [-0.25, -0.2) is 9.59 Å². The molecule has 5 aromatic rings. The van der Waals surface area contributed by atoms with Crippen LogP contribution in [0.1, 0.15) is 83.5 Å². The summed E-state index contributed by atoms with van der Waals surface area (Å²) >= 11 is 0. The molecule has 0 aromatic heterocycles. The maximum absolute atomic E-state index is 12.3. The molecule has 2 atom stereocenters. The van der Waals surface area contributed by atoms with Crippen molar-refractivity contribution in [3.63, 3.8) is 0 Å². The van der Waals surface area contributed by atoms with Crippen LogP contribution in [0.3, 0.4) is 0 Å². The Hall–Kier alpha value is -5.48. The number of carbonyl (C=O) groups is 2. The fraction of sp³-hybridized carbons (Fsp3) is 0.217. The summed E-state index contributed by atoms with van der Waals surface area (Å²) in [7, 11) is 0. The molecule has 0 saturated carbocycles. The molecule has 0 amide bonds. The van der Waals surface area contributed by atoms with E-state index < -0.39 is 0 Å². The second-order valence-electron chi connectivity index (χ2n) is 12.7. The minimum Gasteiger partial charge on any atom is -0.423 e. The van der Waals surface area contributed by atoms with Crippen LogP contribution in [0.2, 0.25) is 0 Å². The van der Waals surface area contributed by atoms with E-state index in [1.807, 2.05) is 72.8 Å². The lowest BCUT2D eigenvalue weighted by Crippen LogP contribution is -2.08. The molecule has 2 unspecified atom stereocenters. The molecule has 5 aromatic carbocycles. The summed E-state index contributed by atoms with van der Waals surface area (Å²) < 4.78 is 10.9. The molecule has 0 aliphatic carbocycles. The highest BCUT2D eigenvalue weighted by Gasteiger charge is 2.10. The topological polar surface area (TPSA) is 52.6 Å². The zero-order valence-corrected chi connectivity index (χ0v) is 29.7. The molecule has 0 bridgehead atoms. The molecule has 50 heavy (non-hydrogen) atoms. The monoisotopic (exact) mass is 664 g/mol. The van der Waals surface area contributed by atoms with Gasteiger partial charge in [0, 0.05) is 0 Å². The van der Waals surface area contributed by atoms with E-state index in [0.717, 1.165) is 41.5 Å². The summed E-state index contributed by atoms with van der Waals surface area (Å²) in [6.45, 7) is 16.3. The second-order valence-corrected chi connectivity index (χ2v) is 12.7. The Morgan fingerprint density at radius 1 is 0.520 bits per heavy atom. The van der Waals surface area contributed by atoms with E-state index in [0.29, 0.717) is 34.5 Å². The Morgan fingerprint density at radius 2 is 0.840 bits per heavy atom. The standard InChI is InChI=1S/C26H26O2.C20H22O2/c1-4-19(3)18-21-8-10-22(11-9-21)23-14-16-25(17-15-23)28-26(27)24-12-6-20(5-2)7-13-24;1-4-15(3)14-17-8-12-19(13-9-17)22-20(21)18-10-6-16(5-2)7-11-18/h5-17,19H,2,4,18H2,1,3H3;5-13,15H,2,4,14H2,1,3H3. The Labute approximate surface area is 298 Å². The maximum atomic E-state index is 12.3. The molecule has 0 heterocycles. The third-order valence-electron chi connectivity index (χ3n) is 8.81. The van der Waals surface area contributed by atoms with Gasteiger partial charge in [-0.05, 0) is 107 Å². The van der Waals surface area contributed by atoms with Gasteiger partial charge in [0.15, 0.2) is 0 Å². The average molecular weight is 665 g/mol. The van der Waals surface area contributed by atoms with Crippen molar-refractivity contribution in [2.75, 3.05) is 0 Å². The van der Waals surface area contributed by atoms with E-state index in [1.165, 1.54) is 17.5 Å². The normalized spacial score (nSPS) is 11.7. The zero-order valence-electron chi connectivity index (χ0n) is 29.7. The lowest BCUT2D eigenvalue weighted by molar-refractivity contribution is 0.0725. The van der Waals surface area contributed by atoms with Gasteiger partial charge < -0.3 is 9.47 Å². The first-order chi connectivity index (χ1) is 24.2. The van der Waals surface area contributed by atoms with Crippen LogP contribution >= 0.6 is 0 Å². The number of hydrogen-bond acceptors (Lipinski definition) is 4. The van der Waals surface area contributed by atoms with Gasteiger partial charge in [0.1, 0.15) is 11.5 Å². The Morgan fingerprint density at radius 3 is 1.18 bits per heavy atom. The summed E-state index contributed by atoms with van der Waals surface area (Å²) in [5, 5.41) is 0. The third kappa shape index (κ3) is 11.3. The summed E-state index contributed by atoms with van der Waals surface area (Å²) in [4.78, 5) is 24.3. The van der Waals surface area contributed by atoms with E-state index in [1.54, 1.807) is 36.4 Å². The lowest BCUT2D eigenvalue weighted by atomic mass is 9.97. The van der Waals surface area contributed by atoms with Crippen LogP contribution in [-0.2, 0) is 12.8 Å². The van der Waals surface area contributed by atoms with E-state index in [2.05, 4.69) is 65.1 Å². The van der Waals surface area contributed by atoms with Crippen molar-refractivity contribution in [2.24, 2.45) is 11.8 Å². The molecule has 0 spiro atoms. The summed E-state index contributed by atoms with van der Waals surface area (Å²) in [6, 6.07) is 38.4. The number of hydrogen-bond donors (Lipinski definition) is 0. The fourth-order valence-electron chi connectivity index (χ4n) is 5.18. The smallest absolute Gasteiger partial charge is 0.343 e. The van der Waals surface area contributed by atoms with Crippen molar-refractivity contribution in [2.45, 2.75) is 53.4 Å². The summed E-state index contributed by atoms with van der Waals surface area (Å²) in [6.07, 6.45) is 8.00. The number of ether oxygens (including phenoxy) is 2. The average Bonchev–Trinajstić information content (AvgIpc) is 3.16. The van der Waals surface area contributed by atoms with Gasteiger partial charge >= 0.3 is 11.9 Å². The van der Waals surface area contributed by atoms with Crippen LogP contribution in [-0.4, -0.2) is 11.9 Å². The highest BCUT2D eigenvalue weighted by atomic mass is 16.5. The van der Waals surface area contributed by atoms with E-state index in [9.17, 15) is 9.59 Å². The molecule has 0 fully saturated rings. The van der Waals surface area contributed by atoms with Crippen LogP contribution in [0.5, 0.6) is 11.5 Å². The zero-order chi connectivity index (χ0) is 35.9. The summed E-state index contributed by atoms with van der Waals surface area (Å²) in [5.74, 6) is 1.77. The lowest BCUT2D eigenvalue weighted by Gasteiger charge is -2.10. The quantitative estimate of drug-likeness (QED) is 0.0928. The Bertz CT molecular complexity index is 1820. The van der Waals surface area contributed by atoms with Crippen molar-refractivity contribution in [3.05, 3.63) is 168 Å². The van der Waals surface area contributed by atoms with Crippen molar-refractivity contribution >= 4 is 24.1 Å². The van der Waals surface area contributed by atoms with E-state index in [4.69, 9.17) is 9.47 Å². The van der Waals surface area contributed by atoms with E-state index in [-0.39, 0.29) is 11.9 Å². The Balaban J connectivity index is 0.000000232. The van der Waals surface area contributed by atoms with Crippen molar-refractivity contribution in [1.29, 1.82) is 0 Å².